The van der Waals surface area contributed by atoms with E-state index >= 15 is 0 Å². The maximum absolute atomic E-state index is 11.0. The maximum atomic E-state index is 11.0. The van der Waals surface area contributed by atoms with Crippen LogP contribution in [0.2, 0.25) is 0 Å². The van der Waals surface area contributed by atoms with Crippen LogP contribution >= 0.6 is 11.3 Å². The van der Waals surface area contributed by atoms with E-state index in [-0.39, 0.29) is 5.92 Å². The molecule has 0 unspecified atom stereocenters. The molecule has 0 spiro atoms. The second-order valence-corrected chi connectivity index (χ2v) is 5.62. The minimum atomic E-state index is -0.732. The summed E-state index contributed by atoms with van der Waals surface area (Å²) in [5, 5.41) is 13.0. The molecule has 2 aromatic heterocycles. The second kappa shape index (κ2) is 4.27. The molecule has 2 N–H and O–H groups in total. The molecule has 0 saturated heterocycles. The van der Waals surface area contributed by atoms with E-state index in [1.807, 2.05) is 23.7 Å². The zero-order chi connectivity index (χ0) is 11.7. The first kappa shape index (κ1) is 11.0. The van der Waals surface area contributed by atoms with E-state index in [0.29, 0.717) is 0 Å². The predicted molar refractivity (Wildman–Crippen MR) is 68.0 cm³/mol. The number of aromatic amines is 1. The van der Waals surface area contributed by atoms with Gasteiger partial charge in [0.15, 0.2) is 0 Å². The Morgan fingerprint density at radius 2 is 2.41 bits per heavy atom. The minimum Gasteiger partial charge on any atom is -0.384 e. The monoisotopic (exact) mass is 248 g/mol. The van der Waals surface area contributed by atoms with Crippen molar-refractivity contribution in [1.29, 1.82) is 0 Å². The van der Waals surface area contributed by atoms with E-state index in [1.165, 1.54) is 6.42 Å². The van der Waals surface area contributed by atoms with Crippen molar-refractivity contribution in [1.82, 2.24) is 9.97 Å². The Balaban J connectivity index is 2.00. The summed E-state index contributed by atoms with van der Waals surface area (Å²) in [5.41, 5.74) is -0.732. The topological polar surface area (TPSA) is 48.9 Å². The van der Waals surface area contributed by atoms with Gasteiger partial charge in [-0.25, -0.2) is 4.98 Å². The van der Waals surface area contributed by atoms with Gasteiger partial charge >= 0.3 is 0 Å². The lowest BCUT2D eigenvalue weighted by Crippen LogP contribution is -2.36. The molecule has 2 heterocycles. The molecule has 1 saturated carbocycles. The fourth-order valence-corrected chi connectivity index (χ4v) is 3.72. The molecular formula is C13H16N2OS. The summed E-state index contributed by atoms with van der Waals surface area (Å²) < 4.78 is 0. The molecule has 2 aromatic rings. The Kier molecular flexibility index (Phi) is 2.76. The lowest BCUT2D eigenvalue weighted by atomic mass is 9.74. The highest BCUT2D eigenvalue weighted by atomic mass is 32.1. The van der Waals surface area contributed by atoms with Crippen molar-refractivity contribution in [2.24, 2.45) is 0 Å². The summed E-state index contributed by atoms with van der Waals surface area (Å²) in [6.07, 6.45) is 7.68. The van der Waals surface area contributed by atoms with Crippen LogP contribution in [0, 0.1) is 0 Å². The fraction of sp³-hybridized carbons (Fsp3) is 0.462. The average molecular weight is 248 g/mol. The van der Waals surface area contributed by atoms with Crippen LogP contribution in [0.3, 0.4) is 0 Å². The number of aliphatic hydroxyl groups is 1. The van der Waals surface area contributed by atoms with Crippen LogP contribution in [-0.2, 0) is 5.60 Å². The van der Waals surface area contributed by atoms with Gasteiger partial charge in [-0.2, -0.15) is 0 Å². The highest BCUT2D eigenvalue weighted by molar-refractivity contribution is 7.10. The average Bonchev–Trinajstić information content (AvgIpc) is 3.03. The number of hydrogen-bond donors (Lipinski definition) is 2. The Morgan fingerprint density at radius 1 is 1.47 bits per heavy atom. The van der Waals surface area contributed by atoms with Crippen LogP contribution in [0.15, 0.2) is 29.9 Å². The van der Waals surface area contributed by atoms with Gasteiger partial charge in [0.25, 0.3) is 0 Å². The quantitative estimate of drug-likeness (QED) is 0.858. The van der Waals surface area contributed by atoms with Gasteiger partial charge in [-0.05, 0) is 24.3 Å². The third-order valence-corrected chi connectivity index (χ3v) is 4.71. The van der Waals surface area contributed by atoms with Crippen LogP contribution in [0.4, 0.5) is 0 Å². The standard InChI is InChI=1S/C13H16N2OS/c16-13(11-5-3-9-17-11)6-2-1-4-10(13)12-14-7-8-15-12/h3,5,7-10,16H,1-2,4,6H2,(H,14,15)/t10-,13-/m0/s1. The van der Waals surface area contributed by atoms with Crippen LogP contribution in [-0.4, -0.2) is 15.1 Å². The summed E-state index contributed by atoms with van der Waals surface area (Å²) in [6, 6.07) is 4.04. The van der Waals surface area contributed by atoms with Crippen molar-refractivity contribution in [3.8, 4) is 0 Å². The third-order valence-electron chi connectivity index (χ3n) is 3.67. The molecule has 3 rings (SSSR count). The molecular weight excluding hydrogens is 232 g/mol. The predicted octanol–water partition coefficient (Wildman–Crippen LogP) is 3.02. The molecule has 1 aliphatic rings. The lowest BCUT2D eigenvalue weighted by Gasteiger charge is -2.38. The Morgan fingerprint density at radius 3 is 3.12 bits per heavy atom. The third kappa shape index (κ3) is 1.81. The van der Waals surface area contributed by atoms with Gasteiger partial charge in [-0.1, -0.05) is 18.9 Å². The van der Waals surface area contributed by atoms with Gasteiger partial charge in [0.05, 0.1) is 5.92 Å². The normalized spacial score (nSPS) is 29.4. The minimum absolute atomic E-state index is 0.102. The largest absolute Gasteiger partial charge is 0.384 e. The Labute approximate surface area is 105 Å². The van der Waals surface area contributed by atoms with Gasteiger partial charge in [0.2, 0.25) is 0 Å². The number of imidazole rings is 1. The van der Waals surface area contributed by atoms with Crippen LogP contribution in [0.5, 0.6) is 0 Å². The first-order valence-electron chi connectivity index (χ1n) is 6.06. The number of thiophene rings is 1. The molecule has 0 radical (unpaired) electrons. The van der Waals surface area contributed by atoms with Crippen LogP contribution in [0.1, 0.15) is 42.3 Å². The molecule has 0 aromatic carbocycles. The first-order chi connectivity index (χ1) is 8.31. The maximum Gasteiger partial charge on any atom is 0.112 e. The summed E-state index contributed by atoms with van der Waals surface area (Å²) in [7, 11) is 0. The molecule has 1 fully saturated rings. The molecule has 0 amide bonds. The van der Waals surface area contributed by atoms with Gasteiger partial charge < -0.3 is 10.1 Å². The van der Waals surface area contributed by atoms with Gasteiger partial charge in [-0.3, -0.25) is 0 Å². The molecule has 0 bridgehead atoms. The van der Waals surface area contributed by atoms with E-state index < -0.39 is 5.60 Å². The summed E-state index contributed by atoms with van der Waals surface area (Å²) in [6.45, 7) is 0. The van der Waals surface area contributed by atoms with Crippen molar-refractivity contribution >= 4 is 11.3 Å². The van der Waals surface area contributed by atoms with Crippen LogP contribution in [0.25, 0.3) is 0 Å². The first-order valence-corrected chi connectivity index (χ1v) is 6.94. The number of aromatic nitrogens is 2. The summed E-state index contributed by atoms with van der Waals surface area (Å²) >= 11 is 1.64. The Hall–Kier alpha value is -1.13. The van der Waals surface area contributed by atoms with E-state index in [4.69, 9.17) is 0 Å². The zero-order valence-electron chi connectivity index (χ0n) is 9.60. The highest BCUT2D eigenvalue weighted by Crippen LogP contribution is 2.47. The van der Waals surface area contributed by atoms with E-state index in [1.54, 1.807) is 17.5 Å². The number of nitrogens with zero attached hydrogens (tertiary/aromatic N) is 1. The van der Waals surface area contributed by atoms with Gasteiger partial charge in [0, 0.05) is 17.3 Å². The van der Waals surface area contributed by atoms with Crippen molar-refractivity contribution in [3.63, 3.8) is 0 Å². The van der Waals surface area contributed by atoms with Crippen molar-refractivity contribution < 1.29 is 5.11 Å². The van der Waals surface area contributed by atoms with Gasteiger partial charge in [0.1, 0.15) is 11.4 Å². The molecule has 2 atom stereocenters. The number of nitrogens with one attached hydrogen (secondary N) is 1. The fourth-order valence-electron chi connectivity index (χ4n) is 2.81. The number of hydrogen-bond acceptors (Lipinski definition) is 3. The van der Waals surface area contributed by atoms with Crippen molar-refractivity contribution in [2.45, 2.75) is 37.2 Å². The van der Waals surface area contributed by atoms with Crippen molar-refractivity contribution in [3.05, 3.63) is 40.6 Å². The zero-order valence-corrected chi connectivity index (χ0v) is 10.4. The second-order valence-electron chi connectivity index (χ2n) is 4.67. The van der Waals surface area contributed by atoms with Crippen LogP contribution < -0.4 is 0 Å². The molecule has 3 nitrogen and oxygen atoms in total. The van der Waals surface area contributed by atoms with E-state index in [9.17, 15) is 5.11 Å². The van der Waals surface area contributed by atoms with Gasteiger partial charge in [-0.15, -0.1) is 11.3 Å². The SMILES string of the molecule is O[C@@]1(c2cccs2)CCCC[C@H]1c1ncc[nH]1. The summed E-state index contributed by atoms with van der Waals surface area (Å²) in [5.74, 6) is 1.02. The lowest BCUT2D eigenvalue weighted by molar-refractivity contribution is -0.0215. The van der Waals surface area contributed by atoms with Crippen molar-refractivity contribution in [2.75, 3.05) is 0 Å². The van der Waals surface area contributed by atoms with E-state index in [2.05, 4.69) is 9.97 Å². The number of rotatable bonds is 2. The molecule has 90 valence electrons. The molecule has 1 aliphatic carbocycles. The Bertz CT molecular complexity index is 466. The smallest absolute Gasteiger partial charge is 0.112 e. The van der Waals surface area contributed by atoms with E-state index in [0.717, 1.165) is 30.0 Å². The molecule has 4 heteroatoms. The highest BCUT2D eigenvalue weighted by Gasteiger charge is 2.43. The molecule has 0 aliphatic heterocycles. The number of H-pyrrole nitrogens is 1. The summed E-state index contributed by atoms with van der Waals surface area (Å²) in [4.78, 5) is 8.56. The molecule has 17 heavy (non-hydrogen) atoms.